The van der Waals surface area contributed by atoms with E-state index in [1.54, 1.807) is 6.07 Å². The van der Waals surface area contributed by atoms with E-state index in [0.717, 1.165) is 43.5 Å². The van der Waals surface area contributed by atoms with Gasteiger partial charge in [-0.1, -0.05) is 30.1 Å². The SMILES string of the molecule is CCN1CCN(C(=S)Nc2cc(Cl)cc(Cl)c2)CC1. The highest BCUT2D eigenvalue weighted by Gasteiger charge is 2.17. The normalized spacial score (nSPS) is 16.5. The van der Waals surface area contributed by atoms with E-state index in [1.165, 1.54) is 0 Å². The Morgan fingerprint density at radius 3 is 2.26 bits per heavy atom. The first-order chi connectivity index (χ1) is 9.08. The second-order valence-electron chi connectivity index (χ2n) is 4.51. The molecule has 1 aromatic carbocycles. The number of likely N-dealkylation sites (N-methyl/N-ethyl adjacent to an activating group) is 1. The first-order valence-corrected chi connectivity index (χ1v) is 7.49. The molecule has 1 aromatic rings. The molecule has 0 radical (unpaired) electrons. The van der Waals surface area contributed by atoms with Crippen LogP contribution >= 0.6 is 35.4 Å². The van der Waals surface area contributed by atoms with E-state index in [1.807, 2.05) is 12.1 Å². The molecule has 1 aliphatic heterocycles. The van der Waals surface area contributed by atoms with Gasteiger partial charge in [0.25, 0.3) is 0 Å². The molecule has 104 valence electrons. The summed E-state index contributed by atoms with van der Waals surface area (Å²) in [6, 6.07) is 5.35. The van der Waals surface area contributed by atoms with Crippen LogP contribution in [0.15, 0.2) is 18.2 Å². The van der Waals surface area contributed by atoms with Crippen molar-refractivity contribution >= 4 is 46.2 Å². The minimum atomic E-state index is 0.605. The lowest BCUT2D eigenvalue weighted by Crippen LogP contribution is -2.49. The van der Waals surface area contributed by atoms with Crippen molar-refractivity contribution in [2.24, 2.45) is 0 Å². The number of piperazine rings is 1. The van der Waals surface area contributed by atoms with Crippen LogP contribution in [0, 0.1) is 0 Å². The molecule has 1 aliphatic rings. The summed E-state index contributed by atoms with van der Waals surface area (Å²) < 4.78 is 0. The van der Waals surface area contributed by atoms with Gasteiger partial charge in [0.15, 0.2) is 5.11 Å². The summed E-state index contributed by atoms with van der Waals surface area (Å²) in [6.45, 7) is 7.28. The van der Waals surface area contributed by atoms with E-state index < -0.39 is 0 Å². The van der Waals surface area contributed by atoms with Crippen molar-refractivity contribution in [3.8, 4) is 0 Å². The summed E-state index contributed by atoms with van der Waals surface area (Å²) in [6.07, 6.45) is 0. The van der Waals surface area contributed by atoms with Gasteiger partial charge < -0.3 is 15.1 Å². The molecule has 19 heavy (non-hydrogen) atoms. The molecule has 0 spiro atoms. The van der Waals surface area contributed by atoms with Gasteiger partial charge in [-0.15, -0.1) is 0 Å². The summed E-state index contributed by atoms with van der Waals surface area (Å²) >= 11 is 17.4. The highest BCUT2D eigenvalue weighted by atomic mass is 35.5. The molecule has 1 saturated heterocycles. The summed E-state index contributed by atoms with van der Waals surface area (Å²) in [5.74, 6) is 0. The second-order valence-corrected chi connectivity index (χ2v) is 5.77. The molecule has 0 atom stereocenters. The minimum absolute atomic E-state index is 0.605. The Labute approximate surface area is 129 Å². The van der Waals surface area contributed by atoms with Crippen molar-refractivity contribution in [3.63, 3.8) is 0 Å². The number of anilines is 1. The maximum Gasteiger partial charge on any atom is 0.173 e. The molecule has 0 amide bonds. The van der Waals surface area contributed by atoms with Crippen LogP contribution < -0.4 is 5.32 Å². The van der Waals surface area contributed by atoms with Crippen molar-refractivity contribution in [2.45, 2.75) is 6.92 Å². The predicted molar refractivity (Wildman–Crippen MR) is 86.4 cm³/mol. The number of halogens is 2. The van der Waals surface area contributed by atoms with Gasteiger partial charge in [0.1, 0.15) is 0 Å². The van der Waals surface area contributed by atoms with Crippen LogP contribution in [0.25, 0.3) is 0 Å². The summed E-state index contributed by atoms with van der Waals surface area (Å²) in [5.41, 5.74) is 0.834. The van der Waals surface area contributed by atoms with E-state index in [-0.39, 0.29) is 0 Å². The van der Waals surface area contributed by atoms with E-state index >= 15 is 0 Å². The third kappa shape index (κ3) is 4.21. The number of hydrogen-bond donors (Lipinski definition) is 1. The van der Waals surface area contributed by atoms with Gasteiger partial charge >= 0.3 is 0 Å². The third-order valence-electron chi connectivity index (χ3n) is 3.22. The number of thiocarbonyl (C=S) groups is 1. The number of benzene rings is 1. The lowest BCUT2D eigenvalue weighted by molar-refractivity contribution is 0.191. The Morgan fingerprint density at radius 1 is 1.16 bits per heavy atom. The fourth-order valence-corrected chi connectivity index (χ4v) is 2.92. The number of nitrogens with zero attached hydrogens (tertiary/aromatic N) is 2. The van der Waals surface area contributed by atoms with Gasteiger partial charge in [-0.05, 0) is 37.0 Å². The fraction of sp³-hybridized carbons (Fsp3) is 0.462. The van der Waals surface area contributed by atoms with Crippen LogP contribution in [0.4, 0.5) is 5.69 Å². The molecule has 1 fully saturated rings. The molecule has 0 aromatic heterocycles. The van der Waals surface area contributed by atoms with Gasteiger partial charge in [0, 0.05) is 41.9 Å². The molecule has 0 unspecified atom stereocenters. The molecule has 6 heteroatoms. The maximum atomic E-state index is 5.97. The topological polar surface area (TPSA) is 18.5 Å². The summed E-state index contributed by atoms with van der Waals surface area (Å²) in [4.78, 5) is 4.59. The minimum Gasteiger partial charge on any atom is -0.346 e. The van der Waals surface area contributed by atoms with E-state index in [9.17, 15) is 0 Å². The predicted octanol–water partition coefficient (Wildman–Crippen LogP) is 3.33. The van der Waals surface area contributed by atoms with Crippen molar-refractivity contribution < 1.29 is 0 Å². The van der Waals surface area contributed by atoms with Crippen LogP contribution in [0.1, 0.15) is 6.92 Å². The Hall–Kier alpha value is -0.550. The fourth-order valence-electron chi connectivity index (χ4n) is 2.10. The van der Waals surface area contributed by atoms with Gasteiger partial charge in [-0.3, -0.25) is 0 Å². The van der Waals surface area contributed by atoms with Gasteiger partial charge in [0.2, 0.25) is 0 Å². The number of hydrogen-bond acceptors (Lipinski definition) is 2. The van der Waals surface area contributed by atoms with Crippen LogP contribution in [-0.4, -0.2) is 47.6 Å². The largest absolute Gasteiger partial charge is 0.346 e. The van der Waals surface area contributed by atoms with Gasteiger partial charge in [0.05, 0.1) is 0 Å². The monoisotopic (exact) mass is 317 g/mol. The Morgan fingerprint density at radius 2 is 1.74 bits per heavy atom. The molecule has 2 rings (SSSR count). The number of rotatable bonds is 2. The Bertz CT molecular complexity index is 439. The zero-order chi connectivity index (χ0) is 13.8. The molecule has 1 heterocycles. The molecular formula is C13H17Cl2N3S. The molecule has 0 saturated carbocycles. The van der Waals surface area contributed by atoms with Crippen molar-refractivity contribution in [2.75, 3.05) is 38.0 Å². The average Bonchev–Trinajstić information content (AvgIpc) is 2.37. The van der Waals surface area contributed by atoms with E-state index in [2.05, 4.69) is 22.0 Å². The quantitative estimate of drug-likeness (QED) is 0.843. The smallest absolute Gasteiger partial charge is 0.173 e. The molecule has 0 aliphatic carbocycles. The molecule has 3 nitrogen and oxygen atoms in total. The standard InChI is InChI=1S/C13H17Cl2N3S/c1-2-17-3-5-18(6-4-17)13(19)16-12-8-10(14)7-11(15)9-12/h7-9H,2-6H2,1H3,(H,16,19). The first kappa shape index (κ1) is 14.9. The van der Waals surface area contributed by atoms with Crippen molar-refractivity contribution in [1.82, 2.24) is 9.80 Å². The zero-order valence-corrected chi connectivity index (χ0v) is 13.2. The highest BCUT2D eigenvalue weighted by molar-refractivity contribution is 7.80. The average molecular weight is 318 g/mol. The third-order valence-corrected chi connectivity index (χ3v) is 4.02. The van der Waals surface area contributed by atoms with Crippen molar-refractivity contribution in [1.29, 1.82) is 0 Å². The lowest BCUT2D eigenvalue weighted by atomic mass is 10.3. The number of nitrogens with one attached hydrogen (secondary N) is 1. The van der Waals surface area contributed by atoms with Crippen LogP contribution in [0.2, 0.25) is 10.0 Å². The second kappa shape index (κ2) is 6.75. The van der Waals surface area contributed by atoms with E-state index in [0.29, 0.717) is 10.0 Å². The van der Waals surface area contributed by atoms with Crippen LogP contribution in [0.5, 0.6) is 0 Å². The van der Waals surface area contributed by atoms with Crippen molar-refractivity contribution in [3.05, 3.63) is 28.2 Å². The molecular weight excluding hydrogens is 301 g/mol. The molecule has 0 bridgehead atoms. The van der Waals surface area contributed by atoms with Gasteiger partial charge in [-0.25, -0.2) is 0 Å². The summed E-state index contributed by atoms with van der Waals surface area (Å²) in [7, 11) is 0. The highest BCUT2D eigenvalue weighted by Crippen LogP contribution is 2.22. The Kier molecular flexibility index (Phi) is 5.28. The van der Waals surface area contributed by atoms with Crippen LogP contribution in [-0.2, 0) is 0 Å². The zero-order valence-electron chi connectivity index (χ0n) is 10.8. The lowest BCUT2D eigenvalue weighted by Gasteiger charge is -2.35. The van der Waals surface area contributed by atoms with Crippen LogP contribution in [0.3, 0.4) is 0 Å². The Balaban J connectivity index is 1.94. The molecule has 1 N–H and O–H groups in total. The maximum absolute atomic E-state index is 5.97. The van der Waals surface area contributed by atoms with E-state index in [4.69, 9.17) is 35.4 Å². The van der Waals surface area contributed by atoms with Gasteiger partial charge in [-0.2, -0.15) is 0 Å². The first-order valence-electron chi connectivity index (χ1n) is 6.33. The summed E-state index contributed by atoms with van der Waals surface area (Å²) in [5, 5.41) is 5.14.